The van der Waals surface area contributed by atoms with Crippen LogP contribution in [0.25, 0.3) is 119 Å². The Balaban J connectivity index is 1.13. The molecule has 12 aromatic rings. The third-order valence-corrected chi connectivity index (χ3v) is 12.7. The van der Waals surface area contributed by atoms with Crippen molar-refractivity contribution >= 4 is 85.4 Å². The molecule has 0 spiro atoms. The van der Waals surface area contributed by atoms with Gasteiger partial charge in [0.05, 0.1) is 0 Å². The SMILES string of the molecule is c1ccc2cc(-c3nc(-c4ccc(-c5cccc6ccccc56)cc4)nc(-c4cc5ccc6ccccc6c5c5sc6c7ccccc7ccc6c45)n3)ccc2c1. The second-order valence-corrected chi connectivity index (χ2v) is 15.8. The van der Waals surface area contributed by atoms with E-state index in [4.69, 9.17) is 15.0 Å². The smallest absolute Gasteiger partial charge is 0.164 e. The summed E-state index contributed by atoms with van der Waals surface area (Å²) < 4.78 is 2.53. The van der Waals surface area contributed by atoms with Gasteiger partial charge in [0.1, 0.15) is 0 Å². The average Bonchev–Trinajstić information content (AvgIpc) is 3.68. The summed E-state index contributed by atoms with van der Waals surface area (Å²) in [6.45, 7) is 0. The van der Waals surface area contributed by atoms with E-state index in [9.17, 15) is 0 Å². The molecule has 10 aromatic carbocycles. The molecule has 0 aliphatic heterocycles. The zero-order chi connectivity index (χ0) is 37.5. The van der Waals surface area contributed by atoms with Crippen molar-refractivity contribution in [2.24, 2.45) is 0 Å². The Morgan fingerprint density at radius 2 is 0.825 bits per heavy atom. The predicted molar refractivity (Wildman–Crippen MR) is 242 cm³/mol. The van der Waals surface area contributed by atoms with Crippen LogP contribution in [-0.4, -0.2) is 15.0 Å². The van der Waals surface area contributed by atoms with Gasteiger partial charge in [-0.15, -0.1) is 11.3 Å². The number of rotatable bonds is 4. The second-order valence-electron chi connectivity index (χ2n) is 14.8. The van der Waals surface area contributed by atoms with Crippen LogP contribution in [0.3, 0.4) is 0 Å². The number of aromatic nitrogens is 3. The van der Waals surface area contributed by atoms with Crippen molar-refractivity contribution in [1.29, 1.82) is 0 Å². The van der Waals surface area contributed by atoms with E-state index in [1.807, 2.05) is 11.3 Å². The van der Waals surface area contributed by atoms with Gasteiger partial charge < -0.3 is 0 Å². The van der Waals surface area contributed by atoms with Crippen molar-refractivity contribution in [3.63, 3.8) is 0 Å². The fourth-order valence-electron chi connectivity index (χ4n) is 8.69. The molecule has 12 rings (SSSR count). The highest BCUT2D eigenvalue weighted by Gasteiger charge is 2.21. The van der Waals surface area contributed by atoms with Crippen LogP contribution < -0.4 is 0 Å². The van der Waals surface area contributed by atoms with Crippen molar-refractivity contribution in [1.82, 2.24) is 15.0 Å². The Morgan fingerprint density at radius 3 is 1.63 bits per heavy atom. The lowest BCUT2D eigenvalue weighted by Gasteiger charge is -2.13. The minimum absolute atomic E-state index is 0.643. The summed E-state index contributed by atoms with van der Waals surface area (Å²) in [7, 11) is 0. The summed E-state index contributed by atoms with van der Waals surface area (Å²) in [5.41, 5.74) is 5.26. The summed E-state index contributed by atoms with van der Waals surface area (Å²) in [4.78, 5) is 15.9. The van der Waals surface area contributed by atoms with E-state index in [1.165, 1.54) is 74.2 Å². The Bertz CT molecular complexity index is 3580. The van der Waals surface area contributed by atoms with Gasteiger partial charge in [0.15, 0.2) is 17.5 Å². The Kier molecular flexibility index (Phi) is 7.10. The Labute approximate surface area is 332 Å². The fraction of sp³-hybridized carbons (Fsp3) is 0. The van der Waals surface area contributed by atoms with Crippen LogP contribution in [0.2, 0.25) is 0 Å². The molecule has 3 nitrogen and oxygen atoms in total. The van der Waals surface area contributed by atoms with E-state index in [0.29, 0.717) is 17.5 Å². The van der Waals surface area contributed by atoms with Gasteiger partial charge >= 0.3 is 0 Å². The van der Waals surface area contributed by atoms with Gasteiger partial charge in [0, 0.05) is 42.2 Å². The number of hydrogen-bond donors (Lipinski definition) is 0. The maximum Gasteiger partial charge on any atom is 0.164 e. The quantitative estimate of drug-likeness (QED) is 0.169. The molecule has 0 radical (unpaired) electrons. The van der Waals surface area contributed by atoms with E-state index in [2.05, 4.69) is 188 Å². The van der Waals surface area contributed by atoms with Crippen molar-refractivity contribution < 1.29 is 0 Å². The first-order chi connectivity index (χ1) is 28.2. The van der Waals surface area contributed by atoms with Crippen LogP contribution in [0.4, 0.5) is 0 Å². The molecule has 0 saturated heterocycles. The van der Waals surface area contributed by atoms with Crippen LogP contribution in [0.1, 0.15) is 0 Å². The minimum atomic E-state index is 0.643. The van der Waals surface area contributed by atoms with Crippen molar-refractivity contribution in [2.75, 3.05) is 0 Å². The van der Waals surface area contributed by atoms with Crippen molar-refractivity contribution in [3.05, 3.63) is 188 Å². The third-order valence-electron chi connectivity index (χ3n) is 11.5. The molecule has 0 amide bonds. The molecule has 0 aliphatic rings. The minimum Gasteiger partial charge on any atom is -0.208 e. The first kappa shape index (κ1) is 32.0. The van der Waals surface area contributed by atoms with E-state index >= 15 is 0 Å². The molecule has 0 atom stereocenters. The van der Waals surface area contributed by atoms with E-state index in [1.54, 1.807) is 0 Å². The second kappa shape index (κ2) is 12.6. The maximum atomic E-state index is 5.36. The number of benzene rings is 10. The zero-order valence-electron chi connectivity index (χ0n) is 30.6. The lowest BCUT2D eigenvalue weighted by Crippen LogP contribution is -2.01. The molecule has 2 heterocycles. The van der Waals surface area contributed by atoms with Gasteiger partial charge in [0.25, 0.3) is 0 Å². The molecule has 0 aliphatic carbocycles. The third kappa shape index (κ3) is 5.15. The topological polar surface area (TPSA) is 38.7 Å². The van der Waals surface area contributed by atoms with Gasteiger partial charge in [-0.1, -0.05) is 176 Å². The highest BCUT2D eigenvalue weighted by Crippen LogP contribution is 2.47. The van der Waals surface area contributed by atoms with Gasteiger partial charge in [-0.05, 0) is 71.7 Å². The highest BCUT2D eigenvalue weighted by molar-refractivity contribution is 7.27. The van der Waals surface area contributed by atoms with Crippen LogP contribution >= 0.6 is 11.3 Å². The van der Waals surface area contributed by atoms with Crippen LogP contribution in [0.5, 0.6) is 0 Å². The average molecular weight is 742 g/mol. The predicted octanol–water partition coefficient (Wildman–Crippen LogP) is 14.7. The Hall–Kier alpha value is -7.27. The molecular weight excluding hydrogens is 711 g/mol. The van der Waals surface area contributed by atoms with Gasteiger partial charge in [-0.3, -0.25) is 0 Å². The van der Waals surface area contributed by atoms with E-state index < -0.39 is 0 Å². The molecule has 264 valence electrons. The molecule has 0 N–H and O–H groups in total. The largest absolute Gasteiger partial charge is 0.208 e. The highest BCUT2D eigenvalue weighted by atomic mass is 32.1. The summed E-state index contributed by atoms with van der Waals surface area (Å²) >= 11 is 1.88. The van der Waals surface area contributed by atoms with Gasteiger partial charge in [0.2, 0.25) is 0 Å². The van der Waals surface area contributed by atoms with Crippen LogP contribution in [0, 0.1) is 0 Å². The number of thiophene rings is 1. The number of fused-ring (bicyclic) bond motifs is 11. The van der Waals surface area contributed by atoms with Crippen LogP contribution in [0.15, 0.2) is 188 Å². The molecule has 0 fully saturated rings. The molecule has 4 heteroatoms. The summed E-state index contributed by atoms with van der Waals surface area (Å²) in [5, 5.41) is 14.6. The fourth-order valence-corrected chi connectivity index (χ4v) is 10.1. The molecule has 0 unspecified atom stereocenters. The van der Waals surface area contributed by atoms with Crippen LogP contribution in [-0.2, 0) is 0 Å². The zero-order valence-corrected chi connectivity index (χ0v) is 31.5. The molecule has 0 bridgehead atoms. The molecule has 2 aromatic heterocycles. The lowest BCUT2D eigenvalue weighted by molar-refractivity contribution is 1.08. The summed E-state index contributed by atoms with van der Waals surface area (Å²) in [6, 6.07) is 67.4. The van der Waals surface area contributed by atoms with Gasteiger partial charge in [-0.2, -0.15) is 0 Å². The van der Waals surface area contributed by atoms with E-state index in [-0.39, 0.29) is 0 Å². The first-order valence-electron chi connectivity index (χ1n) is 19.3. The number of hydrogen-bond acceptors (Lipinski definition) is 4. The molecular formula is C53H31N3S. The molecule has 57 heavy (non-hydrogen) atoms. The summed E-state index contributed by atoms with van der Waals surface area (Å²) in [5.74, 6) is 1.95. The normalized spacial score (nSPS) is 11.9. The molecule has 0 saturated carbocycles. The maximum absolute atomic E-state index is 5.36. The standard InChI is InChI=1S/C53H31N3S/c1-2-14-38-30-40(27-20-32(38)10-1)52-54-51(37-24-21-36(22-25-37)42-19-9-15-33-11-3-6-16-41(33)42)55-53(56-52)46-31-39-26-23-34-12-4-7-17-43(34)47(39)50-48(46)45-29-28-35-13-5-8-18-44(35)49(45)57-50/h1-31H. The first-order valence-corrected chi connectivity index (χ1v) is 20.1. The summed E-state index contributed by atoms with van der Waals surface area (Å²) in [6.07, 6.45) is 0. The number of nitrogens with zero attached hydrogens (tertiary/aromatic N) is 3. The lowest BCUT2D eigenvalue weighted by atomic mass is 9.95. The van der Waals surface area contributed by atoms with Crippen molar-refractivity contribution in [3.8, 4) is 45.3 Å². The van der Waals surface area contributed by atoms with Gasteiger partial charge in [-0.25, -0.2) is 15.0 Å². The Morgan fingerprint density at radius 1 is 0.281 bits per heavy atom. The monoisotopic (exact) mass is 741 g/mol. The van der Waals surface area contributed by atoms with E-state index in [0.717, 1.165) is 27.6 Å². The van der Waals surface area contributed by atoms with Crippen molar-refractivity contribution in [2.45, 2.75) is 0 Å².